The number of nitrogens with zero attached hydrogens (tertiary/aromatic N) is 3. The summed E-state index contributed by atoms with van der Waals surface area (Å²) in [7, 11) is 1.83. The number of carbonyl (C=O) groups is 2. The number of aromatic nitrogens is 2. The van der Waals surface area contributed by atoms with E-state index in [0.29, 0.717) is 6.54 Å². The van der Waals surface area contributed by atoms with Crippen LogP contribution < -0.4 is 5.32 Å². The van der Waals surface area contributed by atoms with Gasteiger partial charge in [-0.3, -0.25) is 14.3 Å². The molecule has 104 valence electrons. The first-order valence-corrected chi connectivity index (χ1v) is 6.81. The molecular weight excluding hydrogens is 312 g/mol. The van der Waals surface area contributed by atoms with Gasteiger partial charge in [0.15, 0.2) is 0 Å². The fraction of sp³-hybridized carbons (Fsp3) is 0.583. The van der Waals surface area contributed by atoms with Crippen LogP contribution in [0.25, 0.3) is 0 Å². The summed E-state index contributed by atoms with van der Waals surface area (Å²) in [5, 5.41) is 6.91. The van der Waals surface area contributed by atoms with Crippen molar-refractivity contribution < 1.29 is 9.59 Å². The maximum Gasteiger partial charge on any atom is 0.245 e. The van der Waals surface area contributed by atoms with Crippen LogP contribution in [-0.4, -0.2) is 38.6 Å². The molecule has 2 heterocycles. The number of piperazine rings is 1. The van der Waals surface area contributed by atoms with Crippen LogP contribution in [0.15, 0.2) is 4.47 Å². The molecule has 1 aliphatic rings. The van der Waals surface area contributed by atoms with E-state index < -0.39 is 5.54 Å². The first-order chi connectivity index (χ1) is 8.75. The molecule has 0 unspecified atom stereocenters. The predicted octanol–water partition coefficient (Wildman–Crippen LogP) is 0.728. The van der Waals surface area contributed by atoms with Crippen LogP contribution in [0.4, 0.5) is 0 Å². The Morgan fingerprint density at radius 1 is 1.42 bits per heavy atom. The zero-order chi connectivity index (χ0) is 14.4. The second-order valence-corrected chi connectivity index (χ2v) is 5.98. The fourth-order valence-corrected chi connectivity index (χ4v) is 2.65. The lowest BCUT2D eigenvalue weighted by molar-refractivity contribution is -0.152. The van der Waals surface area contributed by atoms with Crippen molar-refractivity contribution in [1.82, 2.24) is 20.0 Å². The quantitative estimate of drug-likeness (QED) is 0.870. The number of carbonyl (C=O) groups excluding carboxylic acids is 2. The van der Waals surface area contributed by atoms with Crippen molar-refractivity contribution in [1.29, 1.82) is 0 Å². The average molecular weight is 329 g/mol. The number of halogens is 1. The van der Waals surface area contributed by atoms with Crippen LogP contribution in [0.3, 0.4) is 0 Å². The van der Waals surface area contributed by atoms with Gasteiger partial charge in [-0.25, -0.2) is 0 Å². The Morgan fingerprint density at radius 2 is 2.05 bits per heavy atom. The standard InChI is InChI=1S/C12H17BrN4O2/c1-7-10(13)8(16(4)15-7)6-17-9(18)5-14-11(19)12(17,2)3/h5-6H2,1-4H3,(H,14,19). The summed E-state index contributed by atoms with van der Waals surface area (Å²) < 4.78 is 2.61. The Bertz CT molecular complexity index is 550. The summed E-state index contributed by atoms with van der Waals surface area (Å²) in [4.78, 5) is 25.5. The smallest absolute Gasteiger partial charge is 0.245 e. The van der Waals surface area contributed by atoms with Crippen molar-refractivity contribution in [2.75, 3.05) is 6.54 Å². The van der Waals surface area contributed by atoms with Crippen LogP contribution in [-0.2, 0) is 23.2 Å². The topological polar surface area (TPSA) is 67.2 Å². The fourth-order valence-electron chi connectivity index (χ4n) is 2.19. The van der Waals surface area contributed by atoms with Crippen LogP contribution in [0, 0.1) is 6.92 Å². The largest absolute Gasteiger partial charge is 0.345 e. The lowest BCUT2D eigenvalue weighted by atomic mass is 9.98. The van der Waals surface area contributed by atoms with Gasteiger partial charge < -0.3 is 10.2 Å². The number of hydrogen-bond acceptors (Lipinski definition) is 3. The molecule has 1 aromatic heterocycles. The van der Waals surface area contributed by atoms with Crippen molar-refractivity contribution in [3.05, 3.63) is 15.9 Å². The highest BCUT2D eigenvalue weighted by Crippen LogP contribution is 2.26. The second-order valence-electron chi connectivity index (χ2n) is 5.19. The van der Waals surface area contributed by atoms with Gasteiger partial charge >= 0.3 is 0 Å². The van der Waals surface area contributed by atoms with E-state index in [9.17, 15) is 9.59 Å². The number of amides is 2. The minimum Gasteiger partial charge on any atom is -0.345 e. The van der Waals surface area contributed by atoms with E-state index in [4.69, 9.17) is 0 Å². The predicted molar refractivity (Wildman–Crippen MR) is 73.3 cm³/mol. The molecule has 19 heavy (non-hydrogen) atoms. The van der Waals surface area contributed by atoms with Gasteiger partial charge in [0.1, 0.15) is 5.54 Å². The molecule has 1 aromatic rings. The zero-order valence-electron chi connectivity index (χ0n) is 11.5. The summed E-state index contributed by atoms with van der Waals surface area (Å²) in [6.45, 7) is 5.80. The molecule has 2 rings (SSSR count). The molecule has 0 aromatic carbocycles. The Hall–Kier alpha value is -1.37. The molecule has 7 heteroatoms. The van der Waals surface area contributed by atoms with Crippen molar-refractivity contribution in [3.8, 4) is 0 Å². The van der Waals surface area contributed by atoms with Crippen LogP contribution in [0.2, 0.25) is 0 Å². The maximum atomic E-state index is 12.1. The summed E-state index contributed by atoms with van der Waals surface area (Å²) in [6, 6.07) is 0. The zero-order valence-corrected chi connectivity index (χ0v) is 13.0. The Morgan fingerprint density at radius 3 is 2.58 bits per heavy atom. The lowest BCUT2D eigenvalue weighted by Crippen LogP contribution is -2.64. The van der Waals surface area contributed by atoms with E-state index in [1.807, 2.05) is 14.0 Å². The van der Waals surface area contributed by atoms with Gasteiger partial charge in [0.25, 0.3) is 0 Å². The van der Waals surface area contributed by atoms with Crippen LogP contribution in [0.5, 0.6) is 0 Å². The molecular formula is C12H17BrN4O2. The summed E-state index contributed by atoms with van der Waals surface area (Å²) >= 11 is 3.48. The van der Waals surface area contributed by atoms with Crippen molar-refractivity contribution in [2.45, 2.75) is 32.9 Å². The van der Waals surface area contributed by atoms with E-state index in [2.05, 4.69) is 26.3 Å². The minimum atomic E-state index is -0.854. The Kier molecular flexibility index (Phi) is 3.42. The van der Waals surface area contributed by atoms with Gasteiger partial charge in [0.2, 0.25) is 11.8 Å². The van der Waals surface area contributed by atoms with E-state index >= 15 is 0 Å². The van der Waals surface area contributed by atoms with Gasteiger partial charge in [-0.15, -0.1) is 0 Å². The highest BCUT2D eigenvalue weighted by Gasteiger charge is 2.42. The highest BCUT2D eigenvalue weighted by atomic mass is 79.9. The SMILES string of the molecule is Cc1nn(C)c(CN2C(=O)CNC(=O)C2(C)C)c1Br. The van der Waals surface area contributed by atoms with E-state index in [0.717, 1.165) is 15.9 Å². The van der Waals surface area contributed by atoms with Crippen molar-refractivity contribution in [2.24, 2.45) is 7.05 Å². The summed E-state index contributed by atoms with van der Waals surface area (Å²) in [6.07, 6.45) is 0. The highest BCUT2D eigenvalue weighted by molar-refractivity contribution is 9.10. The first-order valence-electron chi connectivity index (χ1n) is 6.02. The molecule has 6 nitrogen and oxygen atoms in total. The summed E-state index contributed by atoms with van der Waals surface area (Å²) in [5.41, 5.74) is 0.894. The molecule has 1 fully saturated rings. The van der Waals surface area contributed by atoms with Gasteiger partial charge in [-0.05, 0) is 36.7 Å². The van der Waals surface area contributed by atoms with Gasteiger partial charge in [-0.2, -0.15) is 5.10 Å². The van der Waals surface area contributed by atoms with Gasteiger partial charge in [-0.1, -0.05) is 0 Å². The number of hydrogen-bond donors (Lipinski definition) is 1. The van der Waals surface area contributed by atoms with E-state index in [-0.39, 0.29) is 18.4 Å². The molecule has 0 bridgehead atoms. The molecule has 2 amide bonds. The molecule has 0 atom stereocenters. The molecule has 1 aliphatic heterocycles. The number of rotatable bonds is 2. The third kappa shape index (κ3) is 2.27. The lowest BCUT2D eigenvalue weighted by Gasteiger charge is -2.41. The molecule has 0 radical (unpaired) electrons. The van der Waals surface area contributed by atoms with E-state index in [1.54, 1.807) is 23.4 Å². The minimum absolute atomic E-state index is 0.0523. The average Bonchev–Trinajstić information content (AvgIpc) is 2.56. The Balaban J connectivity index is 2.35. The molecule has 1 N–H and O–H groups in total. The molecule has 0 aliphatic carbocycles. The Labute approximate surface area is 120 Å². The molecule has 0 saturated carbocycles. The number of nitrogens with one attached hydrogen (secondary N) is 1. The van der Waals surface area contributed by atoms with Gasteiger partial charge in [0, 0.05) is 7.05 Å². The second kappa shape index (κ2) is 4.63. The monoisotopic (exact) mass is 328 g/mol. The molecule has 0 spiro atoms. The first kappa shape index (κ1) is 14.0. The van der Waals surface area contributed by atoms with Crippen molar-refractivity contribution in [3.63, 3.8) is 0 Å². The third-order valence-electron chi connectivity index (χ3n) is 3.50. The third-order valence-corrected chi connectivity index (χ3v) is 4.53. The maximum absolute atomic E-state index is 12.1. The molecule has 1 saturated heterocycles. The van der Waals surface area contributed by atoms with Gasteiger partial charge in [0.05, 0.1) is 29.0 Å². The van der Waals surface area contributed by atoms with Crippen molar-refractivity contribution >= 4 is 27.7 Å². The summed E-state index contributed by atoms with van der Waals surface area (Å²) in [5.74, 6) is -0.225. The normalized spacial score (nSPS) is 18.7. The number of aryl methyl sites for hydroxylation is 2. The van der Waals surface area contributed by atoms with Crippen LogP contribution in [0.1, 0.15) is 25.2 Å². The van der Waals surface area contributed by atoms with Crippen LogP contribution >= 0.6 is 15.9 Å². The van der Waals surface area contributed by atoms with E-state index in [1.165, 1.54) is 0 Å².